The molecule has 0 aromatic carbocycles. The molecule has 1 aliphatic rings. The van der Waals surface area contributed by atoms with Crippen LogP contribution in [0, 0.1) is 11.8 Å². The van der Waals surface area contributed by atoms with Crippen LogP contribution in [-0.4, -0.2) is 37.7 Å². The standard InChI is InChI=1S/C13H18N2OS/c14-6-1-3-12-4-5-13(17-12)11-15-7-2-9-16-10-8-15/h4-5H,2,6-11,14H2. The Morgan fingerprint density at radius 1 is 1.35 bits per heavy atom. The monoisotopic (exact) mass is 250 g/mol. The molecule has 2 N–H and O–H groups in total. The Kier molecular flexibility index (Phi) is 5.02. The molecule has 0 atom stereocenters. The van der Waals surface area contributed by atoms with Gasteiger partial charge in [0.15, 0.2) is 0 Å². The predicted molar refractivity (Wildman–Crippen MR) is 71.0 cm³/mol. The summed E-state index contributed by atoms with van der Waals surface area (Å²) >= 11 is 1.76. The van der Waals surface area contributed by atoms with E-state index in [1.807, 2.05) is 0 Å². The minimum atomic E-state index is 0.427. The molecule has 0 bridgehead atoms. The van der Waals surface area contributed by atoms with Gasteiger partial charge in [-0.1, -0.05) is 11.8 Å². The minimum Gasteiger partial charge on any atom is -0.380 e. The highest BCUT2D eigenvalue weighted by Crippen LogP contribution is 2.18. The lowest BCUT2D eigenvalue weighted by Crippen LogP contribution is -2.25. The van der Waals surface area contributed by atoms with Crippen LogP contribution in [0.15, 0.2) is 12.1 Å². The van der Waals surface area contributed by atoms with E-state index in [-0.39, 0.29) is 0 Å². The number of nitrogens with two attached hydrogens (primary N) is 1. The van der Waals surface area contributed by atoms with E-state index in [9.17, 15) is 0 Å². The Morgan fingerprint density at radius 3 is 3.18 bits per heavy atom. The van der Waals surface area contributed by atoms with E-state index >= 15 is 0 Å². The molecular weight excluding hydrogens is 232 g/mol. The minimum absolute atomic E-state index is 0.427. The first-order valence-corrected chi connectivity index (χ1v) is 6.78. The normalized spacial score (nSPS) is 17.2. The molecule has 0 radical (unpaired) electrons. The molecule has 2 heterocycles. The summed E-state index contributed by atoms with van der Waals surface area (Å²) < 4.78 is 5.45. The molecule has 1 aromatic heterocycles. The third-order valence-electron chi connectivity index (χ3n) is 2.67. The highest BCUT2D eigenvalue weighted by Gasteiger charge is 2.10. The highest BCUT2D eigenvalue weighted by atomic mass is 32.1. The molecule has 2 rings (SSSR count). The second kappa shape index (κ2) is 6.77. The summed E-state index contributed by atoms with van der Waals surface area (Å²) in [6, 6.07) is 4.24. The van der Waals surface area contributed by atoms with Crippen molar-refractivity contribution in [3.05, 3.63) is 21.9 Å². The molecule has 0 aliphatic carbocycles. The summed E-state index contributed by atoms with van der Waals surface area (Å²) in [4.78, 5) is 4.92. The lowest BCUT2D eigenvalue weighted by atomic mass is 10.3. The molecular formula is C13H18N2OS. The van der Waals surface area contributed by atoms with Crippen molar-refractivity contribution >= 4 is 11.3 Å². The molecule has 0 spiro atoms. The van der Waals surface area contributed by atoms with E-state index in [0.717, 1.165) is 44.1 Å². The third kappa shape index (κ3) is 4.14. The van der Waals surface area contributed by atoms with Crippen molar-refractivity contribution in [2.45, 2.75) is 13.0 Å². The largest absolute Gasteiger partial charge is 0.380 e. The van der Waals surface area contributed by atoms with Gasteiger partial charge in [0.25, 0.3) is 0 Å². The van der Waals surface area contributed by atoms with Crippen LogP contribution in [0.3, 0.4) is 0 Å². The number of ether oxygens (including phenoxy) is 1. The van der Waals surface area contributed by atoms with Gasteiger partial charge in [-0.25, -0.2) is 0 Å². The smallest absolute Gasteiger partial charge is 0.0772 e. The second-order valence-electron chi connectivity index (χ2n) is 4.01. The maximum absolute atomic E-state index is 5.45. The van der Waals surface area contributed by atoms with Crippen LogP contribution in [0.1, 0.15) is 16.2 Å². The van der Waals surface area contributed by atoms with Crippen molar-refractivity contribution < 1.29 is 4.74 Å². The quantitative estimate of drug-likeness (QED) is 0.804. The predicted octanol–water partition coefficient (Wildman–Crippen LogP) is 1.28. The zero-order chi connectivity index (χ0) is 11.9. The van der Waals surface area contributed by atoms with Gasteiger partial charge in [-0.15, -0.1) is 11.3 Å². The Labute approximate surface area is 107 Å². The lowest BCUT2D eigenvalue weighted by Gasteiger charge is -2.17. The van der Waals surface area contributed by atoms with Crippen LogP contribution in [0.5, 0.6) is 0 Å². The molecule has 17 heavy (non-hydrogen) atoms. The van der Waals surface area contributed by atoms with Gasteiger partial charge < -0.3 is 10.5 Å². The van der Waals surface area contributed by atoms with Crippen LogP contribution in [0.2, 0.25) is 0 Å². The van der Waals surface area contributed by atoms with Crippen LogP contribution in [0.25, 0.3) is 0 Å². The van der Waals surface area contributed by atoms with Gasteiger partial charge in [-0.2, -0.15) is 0 Å². The molecule has 92 valence electrons. The number of nitrogens with zero attached hydrogens (tertiary/aromatic N) is 1. The Bertz CT molecular complexity index is 397. The van der Waals surface area contributed by atoms with Gasteiger partial charge in [0.05, 0.1) is 18.0 Å². The summed E-state index contributed by atoms with van der Waals surface area (Å²) in [6.45, 7) is 5.35. The summed E-state index contributed by atoms with van der Waals surface area (Å²) in [7, 11) is 0. The zero-order valence-electron chi connectivity index (χ0n) is 9.95. The number of thiophene rings is 1. The van der Waals surface area contributed by atoms with Crippen molar-refractivity contribution in [1.29, 1.82) is 0 Å². The molecule has 1 fully saturated rings. The second-order valence-corrected chi connectivity index (χ2v) is 5.18. The fraction of sp³-hybridized carbons (Fsp3) is 0.538. The highest BCUT2D eigenvalue weighted by molar-refractivity contribution is 7.12. The molecule has 0 unspecified atom stereocenters. The van der Waals surface area contributed by atoms with Crippen molar-refractivity contribution in [3.8, 4) is 11.8 Å². The summed E-state index contributed by atoms with van der Waals surface area (Å²) in [5, 5.41) is 0. The van der Waals surface area contributed by atoms with E-state index in [1.54, 1.807) is 11.3 Å². The van der Waals surface area contributed by atoms with Crippen LogP contribution < -0.4 is 5.73 Å². The van der Waals surface area contributed by atoms with Crippen LogP contribution in [0.4, 0.5) is 0 Å². The molecule has 0 amide bonds. The fourth-order valence-electron chi connectivity index (χ4n) is 1.84. The van der Waals surface area contributed by atoms with Gasteiger partial charge in [0, 0.05) is 31.1 Å². The Morgan fingerprint density at radius 2 is 2.29 bits per heavy atom. The number of hydrogen-bond acceptors (Lipinski definition) is 4. The molecule has 4 heteroatoms. The van der Waals surface area contributed by atoms with Crippen LogP contribution in [-0.2, 0) is 11.3 Å². The maximum atomic E-state index is 5.45. The van der Waals surface area contributed by atoms with Gasteiger partial charge in [-0.05, 0) is 18.6 Å². The van der Waals surface area contributed by atoms with E-state index in [4.69, 9.17) is 10.5 Å². The number of hydrogen-bond donors (Lipinski definition) is 1. The van der Waals surface area contributed by atoms with Gasteiger partial charge in [0.1, 0.15) is 0 Å². The zero-order valence-corrected chi connectivity index (χ0v) is 10.8. The molecule has 1 aromatic rings. The lowest BCUT2D eigenvalue weighted by molar-refractivity contribution is 0.140. The topological polar surface area (TPSA) is 38.5 Å². The fourth-order valence-corrected chi connectivity index (χ4v) is 2.77. The van der Waals surface area contributed by atoms with Crippen molar-refractivity contribution in [2.24, 2.45) is 5.73 Å². The van der Waals surface area contributed by atoms with E-state index < -0.39 is 0 Å². The van der Waals surface area contributed by atoms with Crippen molar-refractivity contribution in [3.63, 3.8) is 0 Å². The van der Waals surface area contributed by atoms with Gasteiger partial charge in [-0.3, -0.25) is 4.90 Å². The van der Waals surface area contributed by atoms with Gasteiger partial charge >= 0.3 is 0 Å². The van der Waals surface area contributed by atoms with Crippen molar-refractivity contribution in [1.82, 2.24) is 4.90 Å². The summed E-state index contributed by atoms with van der Waals surface area (Å²) in [6.07, 6.45) is 1.13. The van der Waals surface area contributed by atoms with Crippen molar-refractivity contribution in [2.75, 3.05) is 32.8 Å². The third-order valence-corrected chi connectivity index (χ3v) is 3.66. The molecule has 1 aliphatic heterocycles. The summed E-state index contributed by atoms with van der Waals surface area (Å²) in [5.74, 6) is 5.96. The Balaban J connectivity index is 1.91. The first kappa shape index (κ1) is 12.6. The average Bonchev–Trinajstić information content (AvgIpc) is 2.61. The number of rotatable bonds is 2. The molecule has 0 saturated carbocycles. The van der Waals surface area contributed by atoms with E-state index in [1.165, 1.54) is 4.88 Å². The summed E-state index contributed by atoms with van der Waals surface area (Å²) in [5.41, 5.74) is 5.36. The Hall–Kier alpha value is -0.860. The van der Waals surface area contributed by atoms with E-state index in [2.05, 4.69) is 28.9 Å². The molecule has 3 nitrogen and oxygen atoms in total. The molecule has 1 saturated heterocycles. The first-order chi connectivity index (χ1) is 8.38. The first-order valence-electron chi connectivity index (χ1n) is 5.96. The maximum Gasteiger partial charge on any atom is 0.0772 e. The van der Waals surface area contributed by atoms with E-state index in [0.29, 0.717) is 6.54 Å². The SMILES string of the molecule is NCC#Cc1ccc(CN2CCCOCC2)s1. The van der Waals surface area contributed by atoms with Crippen LogP contribution >= 0.6 is 11.3 Å². The van der Waals surface area contributed by atoms with Gasteiger partial charge in [0.2, 0.25) is 0 Å². The average molecular weight is 250 g/mol.